The van der Waals surface area contributed by atoms with Crippen LogP contribution in [0.5, 0.6) is 0 Å². The van der Waals surface area contributed by atoms with Crippen LogP contribution >= 0.6 is 0 Å². The van der Waals surface area contributed by atoms with Gasteiger partial charge in [0.25, 0.3) is 0 Å². The van der Waals surface area contributed by atoms with Crippen LogP contribution in [0.15, 0.2) is 39.8 Å². The lowest BCUT2D eigenvalue weighted by Gasteiger charge is -1.84. The van der Waals surface area contributed by atoms with Crippen molar-refractivity contribution in [1.82, 2.24) is 0 Å². The fourth-order valence-electron chi connectivity index (χ4n) is 0.969. The molecule has 0 unspecified atom stereocenters. The molecule has 3 heteroatoms. The van der Waals surface area contributed by atoms with Crippen molar-refractivity contribution in [3.8, 4) is 11.3 Å². The van der Waals surface area contributed by atoms with E-state index in [9.17, 15) is 4.79 Å². The highest BCUT2D eigenvalue weighted by Crippen LogP contribution is 2.21. The molecule has 0 N–H and O–H groups in total. The van der Waals surface area contributed by atoms with E-state index in [2.05, 4.69) is 0 Å². The fourth-order valence-corrected chi connectivity index (χ4v) is 0.969. The standard InChI is InChI=1S/C9H6O3/c10-4-7-3-9(12-5-7)8-1-2-11-6-8/h1-6H. The quantitative estimate of drug-likeness (QED) is 0.636. The van der Waals surface area contributed by atoms with Crippen LogP contribution in [0.25, 0.3) is 11.3 Å². The van der Waals surface area contributed by atoms with E-state index in [0.29, 0.717) is 11.3 Å². The van der Waals surface area contributed by atoms with Gasteiger partial charge in [0.2, 0.25) is 0 Å². The molecule has 3 nitrogen and oxygen atoms in total. The molecule has 0 aromatic carbocycles. The highest BCUT2D eigenvalue weighted by atomic mass is 16.3. The molecule has 12 heavy (non-hydrogen) atoms. The van der Waals surface area contributed by atoms with Gasteiger partial charge in [-0.15, -0.1) is 0 Å². The summed E-state index contributed by atoms with van der Waals surface area (Å²) < 4.78 is 9.97. The minimum Gasteiger partial charge on any atom is -0.472 e. The summed E-state index contributed by atoms with van der Waals surface area (Å²) in [6.07, 6.45) is 5.27. The SMILES string of the molecule is O=Cc1coc(-c2ccoc2)c1. The zero-order valence-corrected chi connectivity index (χ0v) is 6.19. The van der Waals surface area contributed by atoms with Crippen LogP contribution in [0, 0.1) is 0 Å². The summed E-state index contributed by atoms with van der Waals surface area (Å²) in [5, 5.41) is 0. The van der Waals surface area contributed by atoms with Crippen LogP contribution in [-0.2, 0) is 0 Å². The molecule has 0 saturated heterocycles. The molecule has 0 aliphatic heterocycles. The van der Waals surface area contributed by atoms with Crippen molar-refractivity contribution in [2.75, 3.05) is 0 Å². The summed E-state index contributed by atoms with van der Waals surface area (Å²) in [5.41, 5.74) is 1.37. The minimum atomic E-state index is 0.534. The third kappa shape index (κ3) is 1.05. The van der Waals surface area contributed by atoms with Crippen molar-refractivity contribution in [3.05, 3.63) is 36.5 Å². The first-order chi connectivity index (χ1) is 5.90. The summed E-state index contributed by atoms with van der Waals surface area (Å²) >= 11 is 0. The number of hydrogen-bond acceptors (Lipinski definition) is 3. The minimum absolute atomic E-state index is 0.534. The normalized spacial score (nSPS) is 10.0. The highest BCUT2D eigenvalue weighted by Gasteiger charge is 2.03. The van der Waals surface area contributed by atoms with Crippen LogP contribution in [0.3, 0.4) is 0 Å². The summed E-state index contributed by atoms with van der Waals surface area (Å²) in [4.78, 5) is 10.3. The summed E-state index contributed by atoms with van der Waals surface area (Å²) in [6, 6.07) is 3.44. The molecular formula is C9H6O3. The molecule has 2 heterocycles. The molecule has 0 spiro atoms. The topological polar surface area (TPSA) is 43.4 Å². The molecule has 2 rings (SSSR count). The van der Waals surface area contributed by atoms with Crippen LogP contribution in [0.1, 0.15) is 10.4 Å². The zero-order valence-electron chi connectivity index (χ0n) is 6.19. The Labute approximate surface area is 68.6 Å². The van der Waals surface area contributed by atoms with Gasteiger partial charge in [-0.2, -0.15) is 0 Å². The molecule has 0 aliphatic rings. The van der Waals surface area contributed by atoms with Crippen LogP contribution in [0.4, 0.5) is 0 Å². The molecule has 0 aliphatic carbocycles. The Balaban J connectivity index is 2.41. The maximum Gasteiger partial charge on any atom is 0.153 e. The molecular weight excluding hydrogens is 156 g/mol. The Kier molecular flexibility index (Phi) is 1.55. The van der Waals surface area contributed by atoms with Gasteiger partial charge in [0, 0.05) is 0 Å². The third-order valence-electron chi connectivity index (χ3n) is 1.56. The van der Waals surface area contributed by atoms with Crippen LogP contribution in [0.2, 0.25) is 0 Å². The van der Waals surface area contributed by atoms with Gasteiger partial charge in [-0.1, -0.05) is 0 Å². The molecule has 0 bridgehead atoms. The van der Waals surface area contributed by atoms with Gasteiger partial charge in [-0.05, 0) is 12.1 Å². The number of hydrogen-bond donors (Lipinski definition) is 0. The van der Waals surface area contributed by atoms with Crippen LogP contribution in [-0.4, -0.2) is 6.29 Å². The van der Waals surface area contributed by atoms with Crippen molar-refractivity contribution in [2.24, 2.45) is 0 Å². The first-order valence-electron chi connectivity index (χ1n) is 3.46. The molecule has 0 saturated carbocycles. The van der Waals surface area contributed by atoms with Crippen molar-refractivity contribution in [1.29, 1.82) is 0 Å². The Morgan fingerprint density at radius 1 is 1.33 bits per heavy atom. The van der Waals surface area contributed by atoms with E-state index in [1.165, 1.54) is 6.26 Å². The van der Waals surface area contributed by atoms with Crippen molar-refractivity contribution >= 4 is 6.29 Å². The molecule has 0 fully saturated rings. The Morgan fingerprint density at radius 3 is 2.83 bits per heavy atom. The van der Waals surface area contributed by atoms with Crippen LogP contribution < -0.4 is 0 Å². The van der Waals surface area contributed by atoms with E-state index in [0.717, 1.165) is 11.8 Å². The summed E-state index contributed by atoms with van der Waals surface area (Å²) in [7, 11) is 0. The van der Waals surface area contributed by atoms with E-state index in [-0.39, 0.29) is 0 Å². The maximum absolute atomic E-state index is 10.3. The summed E-state index contributed by atoms with van der Waals surface area (Å²) in [5.74, 6) is 0.644. The van der Waals surface area contributed by atoms with Crippen molar-refractivity contribution in [2.45, 2.75) is 0 Å². The van der Waals surface area contributed by atoms with Gasteiger partial charge in [-0.25, -0.2) is 0 Å². The predicted octanol–water partition coefficient (Wildman–Crippen LogP) is 2.35. The van der Waals surface area contributed by atoms with Crippen molar-refractivity contribution < 1.29 is 13.6 Å². The smallest absolute Gasteiger partial charge is 0.153 e. The molecule has 2 aromatic heterocycles. The average Bonchev–Trinajstić information content (AvgIpc) is 2.75. The highest BCUT2D eigenvalue weighted by molar-refractivity contribution is 5.76. The second-order valence-electron chi connectivity index (χ2n) is 2.37. The zero-order chi connectivity index (χ0) is 8.39. The van der Waals surface area contributed by atoms with Gasteiger partial charge in [0.15, 0.2) is 6.29 Å². The fraction of sp³-hybridized carbons (Fsp3) is 0. The molecule has 60 valence electrons. The Morgan fingerprint density at radius 2 is 2.25 bits per heavy atom. The van der Waals surface area contributed by atoms with E-state index >= 15 is 0 Å². The number of aldehydes is 1. The largest absolute Gasteiger partial charge is 0.472 e. The second-order valence-corrected chi connectivity index (χ2v) is 2.37. The molecule has 2 aromatic rings. The van der Waals surface area contributed by atoms with Gasteiger partial charge in [-0.3, -0.25) is 4.79 Å². The number of carbonyl (C=O) groups is 1. The lowest BCUT2D eigenvalue weighted by atomic mass is 10.2. The molecule has 0 amide bonds. The Bertz CT molecular complexity index is 370. The summed E-state index contributed by atoms with van der Waals surface area (Å²) in [6.45, 7) is 0. The number of rotatable bonds is 2. The van der Waals surface area contributed by atoms with Gasteiger partial charge in [0.1, 0.15) is 18.3 Å². The average molecular weight is 162 g/mol. The Hall–Kier alpha value is -1.77. The van der Waals surface area contributed by atoms with Gasteiger partial charge < -0.3 is 8.83 Å². The maximum atomic E-state index is 10.3. The van der Waals surface area contributed by atoms with Crippen molar-refractivity contribution in [3.63, 3.8) is 0 Å². The number of furan rings is 2. The van der Waals surface area contributed by atoms with Gasteiger partial charge in [0.05, 0.1) is 17.4 Å². The second kappa shape index (κ2) is 2.70. The van der Waals surface area contributed by atoms with Gasteiger partial charge >= 0.3 is 0 Å². The van der Waals surface area contributed by atoms with E-state index in [1.54, 1.807) is 24.7 Å². The lowest BCUT2D eigenvalue weighted by Crippen LogP contribution is -1.68. The van der Waals surface area contributed by atoms with E-state index < -0.39 is 0 Å². The molecule has 0 radical (unpaired) electrons. The van der Waals surface area contributed by atoms with E-state index in [1.807, 2.05) is 0 Å². The molecule has 0 atom stereocenters. The first kappa shape index (κ1) is 6.91. The monoisotopic (exact) mass is 162 g/mol. The lowest BCUT2D eigenvalue weighted by molar-refractivity contribution is 0.112. The predicted molar refractivity (Wildman–Crippen MR) is 41.8 cm³/mol. The first-order valence-corrected chi connectivity index (χ1v) is 3.46. The van der Waals surface area contributed by atoms with E-state index in [4.69, 9.17) is 8.83 Å². The number of carbonyl (C=O) groups excluding carboxylic acids is 1. The third-order valence-corrected chi connectivity index (χ3v) is 1.56.